The summed E-state index contributed by atoms with van der Waals surface area (Å²) >= 11 is 0. The molecule has 1 unspecified atom stereocenters. The monoisotopic (exact) mass is 346 g/mol. The van der Waals surface area contributed by atoms with E-state index in [1.807, 2.05) is 34.1 Å². The fourth-order valence-corrected chi connectivity index (χ4v) is 3.35. The van der Waals surface area contributed by atoms with E-state index < -0.39 is 0 Å². The molecule has 2 aliphatic rings. The zero-order valence-corrected chi connectivity index (χ0v) is 14.8. The SMILES string of the molecule is COc1ccc(CCC(=O)N2CCN(C(=O)C3CCCO3)CC2)cc1. The van der Waals surface area contributed by atoms with Crippen molar-refractivity contribution >= 4 is 11.8 Å². The van der Waals surface area contributed by atoms with Gasteiger partial charge in [-0.15, -0.1) is 0 Å². The molecule has 0 aliphatic carbocycles. The van der Waals surface area contributed by atoms with E-state index in [0.29, 0.717) is 39.2 Å². The van der Waals surface area contributed by atoms with Crippen LogP contribution in [-0.2, 0) is 20.7 Å². The highest BCUT2D eigenvalue weighted by atomic mass is 16.5. The van der Waals surface area contributed by atoms with Crippen molar-refractivity contribution in [3.05, 3.63) is 29.8 Å². The minimum Gasteiger partial charge on any atom is -0.497 e. The molecule has 0 aromatic heterocycles. The summed E-state index contributed by atoms with van der Waals surface area (Å²) in [5, 5.41) is 0. The number of nitrogens with zero attached hydrogens (tertiary/aromatic N) is 2. The van der Waals surface area contributed by atoms with Crippen LogP contribution in [0.15, 0.2) is 24.3 Å². The number of methoxy groups -OCH3 is 1. The van der Waals surface area contributed by atoms with Crippen LogP contribution in [0.25, 0.3) is 0 Å². The predicted octanol–water partition coefficient (Wildman–Crippen LogP) is 1.48. The largest absolute Gasteiger partial charge is 0.497 e. The van der Waals surface area contributed by atoms with Gasteiger partial charge in [-0.2, -0.15) is 0 Å². The van der Waals surface area contributed by atoms with Crippen molar-refractivity contribution in [1.29, 1.82) is 0 Å². The number of ether oxygens (including phenoxy) is 2. The molecule has 1 aromatic rings. The van der Waals surface area contributed by atoms with Crippen LogP contribution in [0.4, 0.5) is 0 Å². The summed E-state index contributed by atoms with van der Waals surface area (Å²) in [7, 11) is 1.64. The second-order valence-corrected chi connectivity index (χ2v) is 6.56. The Balaban J connectivity index is 1.42. The summed E-state index contributed by atoms with van der Waals surface area (Å²) in [6, 6.07) is 7.80. The number of hydrogen-bond acceptors (Lipinski definition) is 4. The molecule has 0 N–H and O–H groups in total. The number of carbonyl (C=O) groups is 2. The van der Waals surface area contributed by atoms with Gasteiger partial charge in [-0.1, -0.05) is 12.1 Å². The average molecular weight is 346 g/mol. The van der Waals surface area contributed by atoms with Crippen LogP contribution in [-0.4, -0.2) is 67.6 Å². The highest BCUT2D eigenvalue weighted by Crippen LogP contribution is 2.17. The molecule has 2 saturated heterocycles. The number of aryl methyl sites for hydroxylation is 1. The lowest BCUT2D eigenvalue weighted by molar-refractivity contribution is -0.146. The highest BCUT2D eigenvalue weighted by Gasteiger charge is 2.31. The molecule has 3 rings (SSSR count). The summed E-state index contributed by atoms with van der Waals surface area (Å²) in [5.41, 5.74) is 1.13. The lowest BCUT2D eigenvalue weighted by Gasteiger charge is -2.35. The Kier molecular flexibility index (Phi) is 5.91. The van der Waals surface area contributed by atoms with Crippen molar-refractivity contribution in [3.63, 3.8) is 0 Å². The fraction of sp³-hybridized carbons (Fsp3) is 0.579. The second kappa shape index (κ2) is 8.34. The zero-order chi connectivity index (χ0) is 17.6. The van der Waals surface area contributed by atoms with Crippen LogP contribution in [0.1, 0.15) is 24.8 Å². The van der Waals surface area contributed by atoms with Gasteiger partial charge in [0.25, 0.3) is 5.91 Å². The molecule has 6 nitrogen and oxygen atoms in total. The van der Waals surface area contributed by atoms with Crippen molar-refractivity contribution in [3.8, 4) is 5.75 Å². The fourth-order valence-electron chi connectivity index (χ4n) is 3.35. The van der Waals surface area contributed by atoms with Crippen molar-refractivity contribution < 1.29 is 19.1 Å². The van der Waals surface area contributed by atoms with Gasteiger partial charge >= 0.3 is 0 Å². The van der Waals surface area contributed by atoms with Crippen molar-refractivity contribution in [1.82, 2.24) is 9.80 Å². The second-order valence-electron chi connectivity index (χ2n) is 6.56. The van der Waals surface area contributed by atoms with Gasteiger partial charge in [-0.05, 0) is 37.0 Å². The molecule has 1 atom stereocenters. The minimum atomic E-state index is -0.266. The molecule has 0 radical (unpaired) electrons. The first-order valence-electron chi connectivity index (χ1n) is 8.98. The van der Waals surface area contributed by atoms with E-state index in [1.165, 1.54) is 0 Å². The minimum absolute atomic E-state index is 0.0860. The summed E-state index contributed by atoms with van der Waals surface area (Å²) < 4.78 is 10.6. The Morgan fingerprint density at radius 3 is 2.40 bits per heavy atom. The van der Waals surface area contributed by atoms with Gasteiger partial charge in [-0.25, -0.2) is 0 Å². The maximum atomic E-state index is 12.4. The van der Waals surface area contributed by atoms with Crippen LogP contribution >= 0.6 is 0 Å². The summed E-state index contributed by atoms with van der Waals surface area (Å²) in [4.78, 5) is 28.4. The third-order valence-electron chi connectivity index (χ3n) is 4.94. The van der Waals surface area contributed by atoms with Gasteiger partial charge < -0.3 is 19.3 Å². The van der Waals surface area contributed by atoms with E-state index in [9.17, 15) is 9.59 Å². The van der Waals surface area contributed by atoms with Gasteiger partial charge in [0.15, 0.2) is 0 Å². The molecule has 2 aliphatic heterocycles. The lowest BCUT2D eigenvalue weighted by Crippen LogP contribution is -2.52. The molecule has 136 valence electrons. The number of rotatable bonds is 5. The van der Waals surface area contributed by atoms with Crippen LogP contribution in [0.2, 0.25) is 0 Å². The Bertz CT molecular complexity index is 588. The average Bonchev–Trinajstić information content (AvgIpc) is 3.21. The first kappa shape index (κ1) is 17.7. The van der Waals surface area contributed by atoms with Crippen molar-refractivity contribution in [2.45, 2.75) is 31.8 Å². The molecule has 0 saturated carbocycles. The van der Waals surface area contributed by atoms with Crippen molar-refractivity contribution in [2.24, 2.45) is 0 Å². The zero-order valence-electron chi connectivity index (χ0n) is 14.8. The predicted molar refractivity (Wildman–Crippen MR) is 93.4 cm³/mol. The van der Waals surface area contributed by atoms with E-state index >= 15 is 0 Å². The van der Waals surface area contributed by atoms with E-state index in [1.54, 1.807) is 7.11 Å². The Hall–Kier alpha value is -2.08. The van der Waals surface area contributed by atoms with Crippen LogP contribution in [0.3, 0.4) is 0 Å². The van der Waals surface area contributed by atoms with Gasteiger partial charge in [-0.3, -0.25) is 9.59 Å². The van der Waals surface area contributed by atoms with Gasteiger partial charge in [0.1, 0.15) is 11.9 Å². The molecular weight excluding hydrogens is 320 g/mol. The Morgan fingerprint density at radius 2 is 1.80 bits per heavy atom. The molecule has 6 heteroatoms. The molecule has 2 amide bonds. The van der Waals surface area contributed by atoms with E-state index in [-0.39, 0.29) is 17.9 Å². The smallest absolute Gasteiger partial charge is 0.251 e. The van der Waals surface area contributed by atoms with Crippen LogP contribution in [0, 0.1) is 0 Å². The van der Waals surface area contributed by atoms with Crippen molar-refractivity contribution in [2.75, 3.05) is 39.9 Å². The Labute approximate surface area is 148 Å². The molecule has 25 heavy (non-hydrogen) atoms. The van der Waals surface area contributed by atoms with Crippen LogP contribution in [0.5, 0.6) is 5.75 Å². The summed E-state index contributed by atoms with van der Waals surface area (Å²) in [6.07, 6.45) is 2.72. The number of hydrogen-bond donors (Lipinski definition) is 0. The maximum Gasteiger partial charge on any atom is 0.251 e. The quantitative estimate of drug-likeness (QED) is 0.810. The van der Waals surface area contributed by atoms with Crippen LogP contribution < -0.4 is 4.74 Å². The van der Waals surface area contributed by atoms with E-state index in [4.69, 9.17) is 9.47 Å². The third kappa shape index (κ3) is 4.51. The van der Waals surface area contributed by atoms with Gasteiger partial charge in [0.05, 0.1) is 7.11 Å². The molecule has 0 bridgehead atoms. The first-order valence-corrected chi connectivity index (χ1v) is 8.98. The number of amides is 2. The third-order valence-corrected chi connectivity index (χ3v) is 4.94. The maximum absolute atomic E-state index is 12.4. The molecule has 2 fully saturated rings. The van der Waals surface area contributed by atoms with E-state index in [2.05, 4.69) is 0 Å². The van der Waals surface area contributed by atoms with Gasteiger partial charge in [0.2, 0.25) is 5.91 Å². The molecule has 2 heterocycles. The normalized spacial score (nSPS) is 20.6. The highest BCUT2D eigenvalue weighted by molar-refractivity contribution is 5.82. The number of benzene rings is 1. The summed E-state index contributed by atoms with van der Waals surface area (Å²) in [6.45, 7) is 3.11. The molecule has 0 spiro atoms. The Morgan fingerprint density at radius 1 is 1.12 bits per heavy atom. The first-order chi connectivity index (χ1) is 12.2. The van der Waals surface area contributed by atoms with E-state index in [0.717, 1.165) is 30.6 Å². The number of piperazine rings is 1. The standard InChI is InChI=1S/C19H26N2O4/c1-24-16-7-4-15(5-8-16)6-9-18(22)20-10-12-21(13-11-20)19(23)17-3-2-14-25-17/h4-5,7-8,17H,2-3,6,9-14H2,1H3. The number of carbonyl (C=O) groups excluding carboxylic acids is 2. The lowest BCUT2D eigenvalue weighted by atomic mass is 10.1. The molecule has 1 aromatic carbocycles. The summed E-state index contributed by atoms with van der Waals surface area (Å²) in [5.74, 6) is 1.06. The topological polar surface area (TPSA) is 59.1 Å². The molecular formula is C19H26N2O4. The van der Waals surface area contributed by atoms with Gasteiger partial charge in [0, 0.05) is 39.2 Å².